The number of halogens is 1. The van der Waals surface area contributed by atoms with Crippen molar-refractivity contribution in [1.82, 2.24) is 4.90 Å². The number of hydrogen-bond donors (Lipinski definition) is 0. The quantitative estimate of drug-likeness (QED) is 0.666. The fourth-order valence-corrected chi connectivity index (χ4v) is 3.76. The van der Waals surface area contributed by atoms with Gasteiger partial charge in [-0.2, -0.15) is 0 Å². The van der Waals surface area contributed by atoms with Gasteiger partial charge in [0.05, 0.1) is 0 Å². The second-order valence-electron chi connectivity index (χ2n) is 5.33. The van der Waals surface area contributed by atoms with E-state index in [0.717, 1.165) is 18.0 Å². The van der Waals surface area contributed by atoms with E-state index in [4.69, 9.17) is 11.6 Å². The highest BCUT2D eigenvalue weighted by Gasteiger charge is 2.40. The molecule has 2 saturated heterocycles. The Bertz CT molecular complexity index is 189. The molecule has 2 fully saturated rings. The summed E-state index contributed by atoms with van der Waals surface area (Å²) in [7, 11) is 0. The van der Waals surface area contributed by atoms with Crippen LogP contribution in [0.3, 0.4) is 0 Å². The van der Waals surface area contributed by atoms with E-state index < -0.39 is 0 Å². The first-order chi connectivity index (χ1) is 7.24. The highest BCUT2D eigenvalue weighted by atomic mass is 35.5. The summed E-state index contributed by atoms with van der Waals surface area (Å²) in [6, 6.07) is 1.62. The summed E-state index contributed by atoms with van der Waals surface area (Å²) in [6.45, 7) is 5.97. The van der Waals surface area contributed by atoms with Crippen LogP contribution in [-0.2, 0) is 0 Å². The van der Waals surface area contributed by atoms with Crippen LogP contribution in [-0.4, -0.2) is 28.9 Å². The summed E-state index contributed by atoms with van der Waals surface area (Å²) in [5, 5.41) is 0.459. The molecule has 2 heteroatoms. The van der Waals surface area contributed by atoms with Crippen molar-refractivity contribution in [3.8, 4) is 0 Å². The first-order valence-corrected chi connectivity index (χ1v) is 7.08. The van der Waals surface area contributed by atoms with Gasteiger partial charge in [-0.3, -0.25) is 4.90 Å². The van der Waals surface area contributed by atoms with Crippen LogP contribution >= 0.6 is 11.6 Å². The van der Waals surface area contributed by atoms with Crippen molar-refractivity contribution in [2.45, 2.75) is 69.8 Å². The Kier molecular flexibility index (Phi) is 3.95. The van der Waals surface area contributed by atoms with Crippen molar-refractivity contribution in [2.24, 2.45) is 5.92 Å². The molecule has 0 aromatic heterocycles. The maximum atomic E-state index is 6.29. The van der Waals surface area contributed by atoms with Crippen molar-refractivity contribution >= 4 is 11.6 Å². The third-order valence-corrected chi connectivity index (χ3v) is 4.81. The number of rotatable bonds is 4. The second-order valence-corrected chi connectivity index (χ2v) is 5.95. The van der Waals surface area contributed by atoms with Gasteiger partial charge in [-0.05, 0) is 31.6 Å². The molecule has 2 aliphatic rings. The van der Waals surface area contributed by atoms with Crippen LogP contribution in [0.2, 0.25) is 0 Å². The van der Waals surface area contributed by atoms with Crippen molar-refractivity contribution in [3.05, 3.63) is 0 Å². The SMILES string of the molecule is CCC(CC)CN1C2CCC1CC(Cl)C2. The highest BCUT2D eigenvalue weighted by molar-refractivity contribution is 6.20. The van der Waals surface area contributed by atoms with E-state index in [-0.39, 0.29) is 0 Å². The van der Waals surface area contributed by atoms with E-state index in [0.29, 0.717) is 5.38 Å². The molecular formula is C13H24ClN. The summed E-state index contributed by atoms with van der Waals surface area (Å²) in [6.07, 6.45) is 7.92. The first-order valence-electron chi connectivity index (χ1n) is 6.64. The maximum absolute atomic E-state index is 6.29. The monoisotopic (exact) mass is 229 g/mol. The number of hydrogen-bond acceptors (Lipinski definition) is 1. The summed E-state index contributed by atoms with van der Waals surface area (Å²) in [5.41, 5.74) is 0. The third kappa shape index (κ3) is 2.50. The lowest BCUT2D eigenvalue weighted by Crippen LogP contribution is -2.45. The Hall–Kier alpha value is 0.250. The van der Waals surface area contributed by atoms with Crippen LogP contribution < -0.4 is 0 Å². The average molecular weight is 230 g/mol. The predicted molar refractivity (Wildman–Crippen MR) is 66.5 cm³/mol. The van der Waals surface area contributed by atoms with Gasteiger partial charge in [-0.1, -0.05) is 26.7 Å². The first kappa shape index (κ1) is 11.7. The van der Waals surface area contributed by atoms with Gasteiger partial charge in [0.15, 0.2) is 0 Å². The van der Waals surface area contributed by atoms with Crippen LogP contribution in [0.5, 0.6) is 0 Å². The molecule has 1 nitrogen and oxygen atoms in total. The van der Waals surface area contributed by atoms with Gasteiger partial charge in [0.1, 0.15) is 0 Å². The van der Waals surface area contributed by atoms with Gasteiger partial charge < -0.3 is 0 Å². The molecule has 88 valence electrons. The summed E-state index contributed by atoms with van der Waals surface area (Å²) in [4.78, 5) is 2.77. The molecule has 2 aliphatic heterocycles. The standard InChI is InChI=1S/C13H24ClN/c1-3-10(4-2)9-15-12-5-6-13(15)8-11(14)7-12/h10-13H,3-9H2,1-2H3. The van der Waals surface area contributed by atoms with E-state index in [1.165, 1.54) is 45.1 Å². The Morgan fingerprint density at radius 1 is 1.13 bits per heavy atom. The van der Waals surface area contributed by atoms with Gasteiger partial charge in [-0.15, -0.1) is 11.6 Å². The van der Waals surface area contributed by atoms with Gasteiger partial charge >= 0.3 is 0 Å². The molecule has 2 unspecified atom stereocenters. The molecule has 0 aromatic rings. The number of fused-ring (bicyclic) bond motifs is 2. The minimum atomic E-state index is 0.459. The fourth-order valence-electron chi connectivity index (χ4n) is 3.35. The molecule has 0 amide bonds. The summed E-state index contributed by atoms with van der Waals surface area (Å²) in [5.74, 6) is 0.903. The molecule has 0 aliphatic carbocycles. The normalized spacial score (nSPS) is 36.4. The number of piperidine rings is 1. The van der Waals surface area contributed by atoms with E-state index in [1.807, 2.05) is 0 Å². The highest BCUT2D eigenvalue weighted by Crippen LogP contribution is 2.38. The predicted octanol–water partition coefficient (Wildman–Crippen LogP) is 3.66. The van der Waals surface area contributed by atoms with Crippen LogP contribution in [0.25, 0.3) is 0 Å². The minimum Gasteiger partial charge on any atom is -0.297 e. The minimum absolute atomic E-state index is 0.459. The Morgan fingerprint density at radius 3 is 2.13 bits per heavy atom. The molecule has 2 atom stereocenters. The fraction of sp³-hybridized carbons (Fsp3) is 1.00. The smallest absolute Gasteiger partial charge is 0.0365 e. The van der Waals surface area contributed by atoms with Gasteiger partial charge in [0.25, 0.3) is 0 Å². The Labute approximate surface area is 99.2 Å². The molecule has 0 aromatic carbocycles. The molecule has 0 spiro atoms. The van der Waals surface area contributed by atoms with Crippen LogP contribution in [0, 0.1) is 5.92 Å². The molecule has 2 rings (SSSR count). The summed E-state index contributed by atoms with van der Waals surface area (Å²) >= 11 is 6.29. The number of alkyl halides is 1. The van der Waals surface area contributed by atoms with Gasteiger partial charge in [0.2, 0.25) is 0 Å². The molecule has 2 heterocycles. The van der Waals surface area contributed by atoms with Gasteiger partial charge in [-0.25, -0.2) is 0 Å². The van der Waals surface area contributed by atoms with E-state index in [9.17, 15) is 0 Å². The van der Waals surface area contributed by atoms with Crippen molar-refractivity contribution in [2.75, 3.05) is 6.54 Å². The molecule has 0 saturated carbocycles. The zero-order chi connectivity index (χ0) is 10.8. The lowest BCUT2D eigenvalue weighted by Gasteiger charge is -2.38. The Morgan fingerprint density at radius 2 is 1.67 bits per heavy atom. The maximum Gasteiger partial charge on any atom is 0.0365 e. The topological polar surface area (TPSA) is 3.24 Å². The Balaban J connectivity index is 1.93. The third-order valence-electron chi connectivity index (χ3n) is 4.45. The zero-order valence-corrected chi connectivity index (χ0v) is 10.8. The largest absolute Gasteiger partial charge is 0.297 e. The lowest BCUT2D eigenvalue weighted by atomic mass is 9.97. The molecule has 15 heavy (non-hydrogen) atoms. The van der Waals surface area contributed by atoms with Crippen LogP contribution in [0.15, 0.2) is 0 Å². The number of nitrogens with zero attached hydrogens (tertiary/aromatic N) is 1. The van der Waals surface area contributed by atoms with Crippen molar-refractivity contribution < 1.29 is 0 Å². The van der Waals surface area contributed by atoms with Crippen LogP contribution in [0.1, 0.15) is 52.4 Å². The zero-order valence-electron chi connectivity index (χ0n) is 10.1. The van der Waals surface area contributed by atoms with Crippen LogP contribution in [0.4, 0.5) is 0 Å². The summed E-state index contributed by atoms with van der Waals surface area (Å²) < 4.78 is 0. The molecule has 2 bridgehead atoms. The molecular weight excluding hydrogens is 206 g/mol. The molecule has 0 N–H and O–H groups in total. The van der Waals surface area contributed by atoms with E-state index in [1.54, 1.807) is 0 Å². The second kappa shape index (κ2) is 5.05. The van der Waals surface area contributed by atoms with Crippen molar-refractivity contribution in [3.63, 3.8) is 0 Å². The van der Waals surface area contributed by atoms with Gasteiger partial charge in [0, 0.05) is 24.0 Å². The van der Waals surface area contributed by atoms with E-state index in [2.05, 4.69) is 18.7 Å². The average Bonchev–Trinajstić information content (AvgIpc) is 2.47. The van der Waals surface area contributed by atoms with E-state index >= 15 is 0 Å². The van der Waals surface area contributed by atoms with Crippen molar-refractivity contribution in [1.29, 1.82) is 0 Å². The molecule has 0 radical (unpaired) electrons. The lowest BCUT2D eigenvalue weighted by molar-refractivity contribution is 0.117.